The van der Waals surface area contributed by atoms with Gasteiger partial charge in [-0.05, 0) is 10.4 Å². The number of carboxylic acids is 1. The molecule has 142 valence electrons. The second kappa shape index (κ2) is 7.41. The first-order valence-electron chi connectivity index (χ1n) is 8.71. The second-order valence-electron chi connectivity index (χ2n) is 6.54. The Hall–Kier alpha value is -2.85. The number of ether oxygens (including phenoxy) is 2. The van der Waals surface area contributed by atoms with Crippen molar-refractivity contribution in [3.05, 3.63) is 30.3 Å². The number of nitrogens with zero attached hydrogens (tertiary/aromatic N) is 4. The van der Waals surface area contributed by atoms with Crippen LogP contribution in [0.1, 0.15) is 18.9 Å². The van der Waals surface area contributed by atoms with E-state index in [2.05, 4.69) is 20.8 Å². The van der Waals surface area contributed by atoms with Crippen molar-refractivity contribution in [1.29, 1.82) is 0 Å². The maximum atomic E-state index is 11.9. The molecule has 0 saturated carbocycles. The van der Waals surface area contributed by atoms with Crippen LogP contribution in [0.25, 0.3) is 11.4 Å². The van der Waals surface area contributed by atoms with Gasteiger partial charge in [0.2, 0.25) is 5.91 Å². The fraction of sp³-hybridized carbons (Fsp3) is 0.471. The number of aromatic nitrogens is 4. The van der Waals surface area contributed by atoms with Gasteiger partial charge in [-0.2, -0.15) is 0 Å². The van der Waals surface area contributed by atoms with E-state index in [4.69, 9.17) is 14.6 Å². The van der Waals surface area contributed by atoms with Gasteiger partial charge in [0.25, 0.3) is 0 Å². The highest BCUT2D eigenvalue weighted by molar-refractivity contribution is 5.80. The SMILES string of the molecule is O=C(O)CCC(=O)NC1COC2C1OCC2n1nnnc1-c1ccccc1. The molecular weight excluding hydrogens is 354 g/mol. The molecule has 2 fully saturated rings. The Balaban J connectivity index is 1.45. The standard InChI is InChI=1S/C17H19N5O5/c23-13(6-7-14(24)25)18-11-8-26-16-12(9-27-15(11)16)22-17(19-20-21-22)10-4-2-1-3-5-10/h1-5,11-12,15-16H,6-9H2,(H,18,23)(H,24,25). The van der Waals surface area contributed by atoms with E-state index < -0.39 is 5.97 Å². The Morgan fingerprint density at radius 1 is 1.15 bits per heavy atom. The number of fused-ring (bicyclic) bond motifs is 1. The Morgan fingerprint density at radius 2 is 1.93 bits per heavy atom. The molecule has 1 aromatic heterocycles. The molecule has 4 atom stereocenters. The minimum atomic E-state index is -1.00. The van der Waals surface area contributed by atoms with Gasteiger partial charge in [-0.3, -0.25) is 9.59 Å². The lowest BCUT2D eigenvalue weighted by Crippen LogP contribution is -2.44. The first-order valence-corrected chi connectivity index (χ1v) is 8.71. The predicted molar refractivity (Wildman–Crippen MR) is 90.6 cm³/mol. The molecule has 10 nitrogen and oxygen atoms in total. The summed E-state index contributed by atoms with van der Waals surface area (Å²) < 4.78 is 13.4. The number of hydrogen-bond donors (Lipinski definition) is 2. The molecule has 1 aromatic carbocycles. The van der Waals surface area contributed by atoms with E-state index in [1.807, 2.05) is 30.3 Å². The zero-order valence-electron chi connectivity index (χ0n) is 14.4. The number of carboxylic acid groups (broad SMARTS) is 1. The average molecular weight is 373 g/mol. The molecule has 1 amide bonds. The minimum Gasteiger partial charge on any atom is -0.481 e. The van der Waals surface area contributed by atoms with Crippen molar-refractivity contribution in [1.82, 2.24) is 25.5 Å². The average Bonchev–Trinajstić information content (AvgIpc) is 3.38. The third-order valence-electron chi connectivity index (χ3n) is 4.78. The lowest BCUT2D eigenvalue weighted by atomic mass is 10.1. The van der Waals surface area contributed by atoms with Crippen LogP contribution < -0.4 is 5.32 Å². The monoisotopic (exact) mass is 373 g/mol. The van der Waals surface area contributed by atoms with Gasteiger partial charge in [0.1, 0.15) is 18.2 Å². The van der Waals surface area contributed by atoms with Gasteiger partial charge in [-0.1, -0.05) is 30.3 Å². The van der Waals surface area contributed by atoms with Crippen molar-refractivity contribution in [2.75, 3.05) is 13.2 Å². The van der Waals surface area contributed by atoms with E-state index in [-0.39, 0.29) is 43.0 Å². The molecule has 2 N–H and O–H groups in total. The van der Waals surface area contributed by atoms with Crippen LogP contribution in [0.4, 0.5) is 0 Å². The van der Waals surface area contributed by atoms with Crippen molar-refractivity contribution in [2.24, 2.45) is 0 Å². The van der Waals surface area contributed by atoms with E-state index in [0.717, 1.165) is 5.56 Å². The van der Waals surface area contributed by atoms with Crippen LogP contribution in [0.5, 0.6) is 0 Å². The molecule has 4 rings (SSSR count). The summed E-state index contributed by atoms with van der Waals surface area (Å²) in [5.41, 5.74) is 0.891. The third-order valence-corrected chi connectivity index (χ3v) is 4.78. The van der Waals surface area contributed by atoms with Gasteiger partial charge < -0.3 is 19.9 Å². The molecule has 0 bridgehead atoms. The quantitative estimate of drug-likeness (QED) is 0.726. The molecule has 2 saturated heterocycles. The van der Waals surface area contributed by atoms with Crippen LogP contribution in [0.15, 0.2) is 30.3 Å². The van der Waals surface area contributed by atoms with Gasteiger partial charge in [-0.25, -0.2) is 4.68 Å². The number of nitrogens with one attached hydrogen (secondary N) is 1. The molecule has 0 radical (unpaired) electrons. The minimum absolute atomic E-state index is 0.0716. The lowest BCUT2D eigenvalue weighted by Gasteiger charge is -2.18. The van der Waals surface area contributed by atoms with Crippen molar-refractivity contribution >= 4 is 11.9 Å². The summed E-state index contributed by atoms with van der Waals surface area (Å²) >= 11 is 0. The first-order chi connectivity index (χ1) is 13.1. The van der Waals surface area contributed by atoms with E-state index in [1.54, 1.807) is 4.68 Å². The van der Waals surface area contributed by atoms with E-state index in [1.165, 1.54) is 0 Å². The number of rotatable bonds is 6. The third kappa shape index (κ3) is 3.53. The summed E-state index contributed by atoms with van der Waals surface area (Å²) in [5.74, 6) is -0.705. The summed E-state index contributed by atoms with van der Waals surface area (Å²) in [6.45, 7) is 0.662. The summed E-state index contributed by atoms with van der Waals surface area (Å²) in [6, 6.07) is 9.07. The van der Waals surface area contributed by atoms with Crippen LogP contribution in [0, 0.1) is 0 Å². The zero-order chi connectivity index (χ0) is 18.8. The van der Waals surface area contributed by atoms with Gasteiger partial charge in [0.15, 0.2) is 5.82 Å². The van der Waals surface area contributed by atoms with Crippen molar-refractivity contribution < 1.29 is 24.2 Å². The highest BCUT2D eigenvalue weighted by atomic mass is 16.6. The largest absolute Gasteiger partial charge is 0.481 e. The molecule has 0 spiro atoms. The molecule has 3 heterocycles. The molecule has 10 heteroatoms. The molecule has 27 heavy (non-hydrogen) atoms. The van der Waals surface area contributed by atoms with E-state index in [0.29, 0.717) is 19.0 Å². The van der Waals surface area contributed by atoms with Crippen molar-refractivity contribution in [2.45, 2.75) is 37.1 Å². The highest BCUT2D eigenvalue weighted by Gasteiger charge is 2.50. The maximum absolute atomic E-state index is 11.9. The number of amides is 1. The van der Waals surface area contributed by atoms with E-state index in [9.17, 15) is 9.59 Å². The summed E-state index contributed by atoms with van der Waals surface area (Å²) in [7, 11) is 0. The van der Waals surface area contributed by atoms with Crippen LogP contribution in [0.3, 0.4) is 0 Å². The molecule has 2 aromatic rings. The number of carbonyl (C=O) groups is 2. The first kappa shape index (κ1) is 17.6. The number of carbonyl (C=O) groups excluding carboxylic acids is 1. The van der Waals surface area contributed by atoms with Crippen molar-refractivity contribution in [3.63, 3.8) is 0 Å². The Kier molecular flexibility index (Phi) is 4.82. The molecule has 0 aliphatic carbocycles. The van der Waals surface area contributed by atoms with Crippen LogP contribution in [-0.4, -0.2) is 68.7 Å². The molecule has 2 aliphatic heterocycles. The number of tetrazole rings is 1. The summed E-state index contributed by atoms with van der Waals surface area (Å²) in [6.07, 6.45) is -0.892. The molecule has 2 aliphatic rings. The molecule has 4 unspecified atom stereocenters. The van der Waals surface area contributed by atoms with Crippen LogP contribution >= 0.6 is 0 Å². The fourth-order valence-corrected chi connectivity index (χ4v) is 3.51. The maximum Gasteiger partial charge on any atom is 0.303 e. The predicted octanol–water partition coefficient (Wildman–Crippen LogP) is 0.0284. The van der Waals surface area contributed by atoms with Gasteiger partial charge in [0, 0.05) is 12.0 Å². The zero-order valence-corrected chi connectivity index (χ0v) is 14.4. The van der Waals surface area contributed by atoms with Gasteiger partial charge in [-0.15, -0.1) is 5.10 Å². The highest BCUT2D eigenvalue weighted by Crippen LogP contribution is 2.35. The van der Waals surface area contributed by atoms with Gasteiger partial charge >= 0.3 is 5.97 Å². The number of benzene rings is 1. The lowest BCUT2D eigenvalue weighted by molar-refractivity contribution is -0.139. The fourth-order valence-electron chi connectivity index (χ4n) is 3.51. The Labute approximate surface area is 154 Å². The number of hydrogen-bond acceptors (Lipinski definition) is 7. The summed E-state index contributed by atoms with van der Waals surface area (Å²) in [4.78, 5) is 22.5. The van der Waals surface area contributed by atoms with Crippen LogP contribution in [0.2, 0.25) is 0 Å². The Bertz CT molecular complexity index is 826. The van der Waals surface area contributed by atoms with Gasteiger partial charge in [0.05, 0.1) is 25.7 Å². The smallest absolute Gasteiger partial charge is 0.303 e. The second-order valence-corrected chi connectivity index (χ2v) is 6.54. The summed E-state index contributed by atoms with van der Waals surface area (Å²) in [5, 5.41) is 23.5. The molecular formula is C17H19N5O5. The van der Waals surface area contributed by atoms with Crippen LogP contribution in [-0.2, 0) is 19.1 Å². The normalized spacial score (nSPS) is 26.7. The topological polar surface area (TPSA) is 128 Å². The van der Waals surface area contributed by atoms with Crippen molar-refractivity contribution in [3.8, 4) is 11.4 Å². The number of aliphatic carboxylic acids is 1. The van der Waals surface area contributed by atoms with E-state index >= 15 is 0 Å². The Morgan fingerprint density at radius 3 is 2.70 bits per heavy atom.